The van der Waals surface area contributed by atoms with E-state index in [0.29, 0.717) is 0 Å². The summed E-state index contributed by atoms with van der Waals surface area (Å²) >= 11 is 0. The van der Waals surface area contributed by atoms with Crippen LogP contribution in [0.5, 0.6) is 0 Å². The molecule has 0 saturated carbocycles. The number of aliphatic carboxylic acids is 3. The molecule has 0 spiro atoms. The summed E-state index contributed by atoms with van der Waals surface area (Å²) < 4.78 is 0. The number of carboxylic acid groups (broad SMARTS) is 3. The number of carbonyl (C=O) groups is 6. The predicted octanol–water partition coefficient (Wildman–Crippen LogP) is -3.41. The van der Waals surface area contributed by atoms with Gasteiger partial charge in [-0.15, -0.1) is 0 Å². The van der Waals surface area contributed by atoms with Crippen molar-refractivity contribution in [3.05, 3.63) is 0 Å². The molecule has 0 aromatic heterocycles. The minimum atomic E-state index is -1.59. The van der Waals surface area contributed by atoms with Gasteiger partial charge in [0.1, 0.15) is 18.1 Å². The fourth-order valence-corrected chi connectivity index (χ4v) is 2.10. The molecule has 0 saturated heterocycles. The molecule has 0 aliphatic rings. The van der Waals surface area contributed by atoms with E-state index < -0.39 is 92.1 Å². The third-order valence-corrected chi connectivity index (χ3v) is 3.77. The number of carbonyl (C=O) groups excluding carboxylic acids is 3. The molecule has 14 nitrogen and oxygen atoms in total. The molecule has 0 fully saturated rings. The Kier molecular flexibility index (Phi) is 11.6. The Morgan fingerprint density at radius 1 is 0.733 bits per heavy atom. The smallest absolute Gasteiger partial charge is 0.326 e. The third kappa shape index (κ3) is 10.3. The van der Waals surface area contributed by atoms with Crippen LogP contribution in [0.2, 0.25) is 0 Å². The van der Waals surface area contributed by atoms with Gasteiger partial charge in [-0.1, -0.05) is 0 Å². The summed E-state index contributed by atoms with van der Waals surface area (Å²) in [5.41, 5.74) is 5.35. The molecular weight excluding hydrogens is 408 g/mol. The van der Waals surface area contributed by atoms with E-state index in [0.717, 1.165) is 0 Å². The number of nitrogens with one attached hydrogen (secondary N) is 3. The molecule has 0 bridgehead atoms. The van der Waals surface area contributed by atoms with Crippen LogP contribution in [0.25, 0.3) is 0 Å². The van der Waals surface area contributed by atoms with E-state index in [2.05, 4.69) is 10.6 Å². The van der Waals surface area contributed by atoms with Gasteiger partial charge in [0.2, 0.25) is 17.7 Å². The molecule has 0 aliphatic carbocycles. The fourth-order valence-electron chi connectivity index (χ4n) is 2.10. The zero-order valence-corrected chi connectivity index (χ0v) is 16.2. The summed E-state index contributed by atoms with van der Waals surface area (Å²) in [5, 5.41) is 42.2. The molecular formula is C16H26N4O10. The number of carboxylic acids is 3. The van der Waals surface area contributed by atoms with Crippen LogP contribution in [0.15, 0.2) is 0 Å². The summed E-state index contributed by atoms with van der Waals surface area (Å²) in [6.45, 7) is 0.474. The molecule has 0 aliphatic heterocycles. The summed E-state index contributed by atoms with van der Waals surface area (Å²) in [5.74, 6) is -6.98. The van der Waals surface area contributed by atoms with Crippen molar-refractivity contribution in [2.75, 3.05) is 6.61 Å². The van der Waals surface area contributed by atoms with Crippen molar-refractivity contribution < 1.29 is 49.2 Å². The largest absolute Gasteiger partial charge is 0.481 e. The van der Waals surface area contributed by atoms with Gasteiger partial charge in [0.15, 0.2) is 0 Å². The molecule has 30 heavy (non-hydrogen) atoms. The summed E-state index contributed by atoms with van der Waals surface area (Å²) in [6.07, 6.45) is -2.00. The van der Waals surface area contributed by atoms with E-state index in [1.807, 2.05) is 5.32 Å². The Morgan fingerprint density at radius 3 is 1.53 bits per heavy atom. The van der Waals surface area contributed by atoms with Crippen molar-refractivity contribution in [3.63, 3.8) is 0 Å². The summed E-state index contributed by atoms with van der Waals surface area (Å²) in [4.78, 5) is 68.9. The molecule has 9 N–H and O–H groups in total. The van der Waals surface area contributed by atoms with Crippen LogP contribution in [0, 0.1) is 0 Å². The molecule has 4 atom stereocenters. The summed E-state index contributed by atoms with van der Waals surface area (Å²) in [7, 11) is 0. The highest BCUT2D eigenvalue weighted by molar-refractivity contribution is 5.94. The van der Waals surface area contributed by atoms with Crippen molar-refractivity contribution >= 4 is 35.6 Å². The molecule has 4 unspecified atom stereocenters. The normalized spacial score (nSPS) is 14.5. The lowest BCUT2D eigenvalue weighted by molar-refractivity contribution is -0.144. The average molecular weight is 434 g/mol. The van der Waals surface area contributed by atoms with E-state index in [-0.39, 0.29) is 0 Å². The van der Waals surface area contributed by atoms with E-state index >= 15 is 0 Å². The topological polar surface area (TPSA) is 245 Å². The third-order valence-electron chi connectivity index (χ3n) is 3.77. The SMILES string of the molecule is CC(N)C(=O)NC(CO)C(=O)NC(CCC(=O)O)C(=O)NC(CCC(=O)O)C(=O)O. The molecule has 0 aromatic carbocycles. The molecule has 0 heterocycles. The Balaban J connectivity index is 5.30. The van der Waals surface area contributed by atoms with Gasteiger partial charge in [0.25, 0.3) is 0 Å². The lowest BCUT2D eigenvalue weighted by Gasteiger charge is -2.23. The number of hydrogen-bond donors (Lipinski definition) is 8. The lowest BCUT2D eigenvalue weighted by atomic mass is 10.1. The minimum absolute atomic E-state index is 0.433. The highest BCUT2D eigenvalue weighted by atomic mass is 16.4. The Hall–Kier alpha value is -3.26. The number of amides is 3. The predicted molar refractivity (Wildman–Crippen MR) is 97.9 cm³/mol. The van der Waals surface area contributed by atoms with E-state index in [1.54, 1.807) is 0 Å². The first kappa shape index (κ1) is 26.7. The molecule has 3 amide bonds. The van der Waals surface area contributed by atoms with Gasteiger partial charge in [-0.05, 0) is 19.8 Å². The number of aliphatic hydroxyl groups is 1. The molecule has 14 heteroatoms. The number of aliphatic hydroxyl groups excluding tert-OH is 1. The second kappa shape index (κ2) is 13.1. The highest BCUT2D eigenvalue weighted by Crippen LogP contribution is 2.04. The van der Waals surface area contributed by atoms with Gasteiger partial charge in [0, 0.05) is 12.8 Å². The van der Waals surface area contributed by atoms with Crippen LogP contribution in [0.3, 0.4) is 0 Å². The quantitative estimate of drug-likeness (QED) is 0.134. The highest BCUT2D eigenvalue weighted by Gasteiger charge is 2.30. The lowest BCUT2D eigenvalue weighted by Crippen LogP contribution is -2.57. The van der Waals surface area contributed by atoms with Gasteiger partial charge in [-0.25, -0.2) is 4.79 Å². The van der Waals surface area contributed by atoms with Crippen molar-refractivity contribution in [3.8, 4) is 0 Å². The van der Waals surface area contributed by atoms with Crippen LogP contribution in [-0.2, 0) is 28.8 Å². The fraction of sp³-hybridized carbons (Fsp3) is 0.625. The Morgan fingerprint density at radius 2 is 1.13 bits per heavy atom. The monoisotopic (exact) mass is 434 g/mol. The van der Waals surface area contributed by atoms with Crippen molar-refractivity contribution in [2.45, 2.75) is 56.8 Å². The first-order chi connectivity index (χ1) is 13.9. The van der Waals surface area contributed by atoms with Crippen molar-refractivity contribution in [1.29, 1.82) is 0 Å². The van der Waals surface area contributed by atoms with Crippen LogP contribution < -0.4 is 21.7 Å². The zero-order valence-electron chi connectivity index (χ0n) is 16.2. The maximum absolute atomic E-state index is 12.4. The zero-order chi connectivity index (χ0) is 23.4. The van der Waals surface area contributed by atoms with E-state index in [1.165, 1.54) is 6.92 Å². The van der Waals surface area contributed by atoms with E-state index in [9.17, 15) is 33.9 Å². The number of nitrogens with two attached hydrogens (primary N) is 1. The van der Waals surface area contributed by atoms with E-state index in [4.69, 9.17) is 21.1 Å². The molecule has 0 rings (SSSR count). The second-order valence-corrected chi connectivity index (χ2v) is 6.36. The van der Waals surface area contributed by atoms with Gasteiger partial charge in [-0.3, -0.25) is 24.0 Å². The van der Waals surface area contributed by atoms with Crippen molar-refractivity contribution in [1.82, 2.24) is 16.0 Å². The molecule has 0 aromatic rings. The Labute approximate surface area is 170 Å². The molecule has 170 valence electrons. The van der Waals surface area contributed by atoms with Gasteiger partial charge >= 0.3 is 17.9 Å². The number of rotatable bonds is 14. The van der Waals surface area contributed by atoms with Gasteiger partial charge < -0.3 is 42.1 Å². The second-order valence-electron chi connectivity index (χ2n) is 6.36. The first-order valence-corrected chi connectivity index (χ1v) is 8.83. The Bertz CT molecular complexity index is 666. The maximum Gasteiger partial charge on any atom is 0.326 e. The minimum Gasteiger partial charge on any atom is -0.481 e. The van der Waals surface area contributed by atoms with Gasteiger partial charge in [0.05, 0.1) is 12.6 Å². The average Bonchev–Trinajstić information content (AvgIpc) is 2.64. The first-order valence-electron chi connectivity index (χ1n) is 8.83. The van der Waals surface area contributed by atoms with Gasteiger partial charge in [-0.2, -0.15) is 0 Å². The maximum atomic E-state index is 12.4. The standard InChI is InChI=1S/C16H26N4O10/c1-7(17)13(26)20-10(6-21)15(28)18-8(2-4-11(22)23)14(27)19-9(16(29)30)3-5-12(24)25/h7-10,21H,2-6,17H2,1H3,(H,18,28)(H,19,27)(H,20,26)(H,22,23)(H,24,25)(H,29,30). The van der Waals surface area contributed by atoms with Crippen LogP contribution in [-0.4, -0.2) is 86.8 Å². The van der Waals surface area contributed by atoms with Crippen molar-refractivity contribution in [2.24, 2.45) is 5.73 Å². The summed E-state index contributed by atoms with van der Waals surface area (Å²) in [6, 6.07) is -5.61. The van der Waals surface area contributed by atoms with Crippen LogP contribution >= 0.6 is 0 Å². The molecule has 0 radical (unpaired) electrons. The van der Waals surface area contributed by atoms with Crippen LogP contribution in [0.4, 0.5) is 0 Å². The number of hydrogen-bond acceptors (Lipinski definition) is 8. The van der Waals surface area contributed by atoms with Crippen LogP contribution in [0.1, 0.15) is 32.6 Å².